The molecule has 79 heavy (non-hydrogen) atoms. The van der Waals surface area contributed by atoms with Crippen molar-refractivity contribution in [2.45, 2.75) is 346 Å². The molecule has 15 rings (SSSR count). The molecule has 0 aromatic carbocycles. The number of rotatable bonds is 9. The van der Waals surface area contributed by atoms with Gasteiger partial charge in [-0.25, -0.2) is 0 Å². The Balaban J connectivity index is 0.679. The smallest absolute Gasteiger partial charge is 0.0101 e. The molecule has 12 atom stereocenters. The first-order valence-corrected chi connectivity index (χ1v) is 39.0. The highest BCUT2D eigenvalue weighted by Gasteiger charge is 2.59. The minimum atomic E-state index is 0.912. The number of hydrogen-bond acceptors (Lipinski definition) is 1. The Hall–Kier alpha value is -0.0400. The van der Waals surface area contributed by atoms with E-state index in [1.165, 1.54) is 0 Å². The molecule has 0 aromatic heterocycles. The number of hydrogen-bond donors (Lipinski definition) is 0. The summed E-state index contributed by atoms with van der Waals surface area (Å²) in [5.41, 5.74) is 0. The van der Waals surface area contributed by atoms with Crippen molar-refractivity contribution in [1.29, 1.82) is 0 Å². The van der Waals surface area contributed by atoms with Gasteiger partial charge in [0.05, 0.1) is 0 Å². The zero-order valence-electron chi connectivity index (χ0n) is 52.1. The third-order valence-electron chi connectivity index (χ3n) is 31.9. The summed E-state index contributed by atoms with van der Waals surface area (Å²) in [5.74, 6) is 26.6. The molecule has 12 unspecified atom stereocenters. The normalized spacial score (nSPS) is 50.7. The number of nitrogens with zero attached hydrogens (tertiary/aromatic N) is 1. The van der Waals surface area contributed by atoms with E-state index in [0.717, 1.165) is 160 Å². The molecule has 0 spiro atoms. The van der Waals surface area contributed by atoms with Crippen molar-refractivity contribution in [3.05, 3.63) is 0 Å². The second kappa shape index (κ2) is 25.4. The molecule has 15 saturated carbocycles. The van der Waals surface area contributed by atoms with Gasteiger partial charge in [0.1, 0.15) is 0 Å². The first-order valence-electron chi connectivity index (χ1n) is 39.0. The maximum atomic E-state index is 3.55. The van der Waals surface area contributed by atoms with Crippen LogP contribution in [0.2, 0.25) is 0 Å². The van der Waals surface area contributed by atoms with Crippen molar-refractivity contribution < 1.29 is 0 Å². The summed E-state index contributed by atoms with van der Waals surface area (Å²) in [6.07, 6.45) is 81.6. The molecule has 1 heteroatoms. The van der Waals surface area contributed by atoms with E-state index < -0.39 is 0 Å². The van der Waals surface area contributed by atoms with Crippen molar-refractivity contribution in [3.8, 4) is 0 Å². The van der Waals surface area contributed by atoms with Crippen molar-refractivity contribution in [2.75, 3.05) is 0 Å². The standard InChI is InChI=1S/C78H129N/c1-4-22-52(23-5-1)73-61-28-10-16-34-67(61)76(68-35-17-11-29-62(68)73)55-40-46-58(47-41-55)79(59-48-42-56(43-49-59)77-69-36-18-12-30-63(69)74(53-24-6-2-7-25-53)64-31-13-19-37-70(64)77)60-50-44-57(45-51-60)78-71-38-20-14-32-65(71)75(54-26-8-3-9-27-54)66-33-15-21-39-72(66)78/h52-78H,1-51H2. The molecule has 0 saturated heterocycles. The SMILES string of the molecule is C1CCC(C2C3CCCCC3C(C3CCC(N(C4CCC(C5C6CCCCC6C(C6CCCCC6)C6CCCCC65)CC4)C4CCC(C5C6CCCCC6C(C6CCCCC6)C6CCCCC65)CC4)CC3)C3CCCCC32)CC1. The molecule has 0 heterocycles. The molecule has 0 amide bonds. The Bertz CT molecular complexity index is 1590. The summed E-state index contributed by atoms with van der Waals surface area (Å²) in [7, 11) is 0. The minimum Gasteiger partial charge on any atom is -0.294 e. The van der Waals surface area contributed by atoms with E-state index in [-0.39, 0.29) is 0 Å². The zero-order valence-corrected chi connectivity index (χ0v) is 52.1. The van der Waals surface area contributed by atoms with Gasteiger partial charge in [0.25, 0.3) is 0 Å². The third kappa shape index (κ3) is 10.8. The molecule has 15 aliphatic rings. The summed E-state index contributed by atoms with van der Waals surface area (Å²) in [6.45, 7) is 0. The van der Waals surface area contributed by atoms with E-state index in [4.69, 9.17) is 0 Å². The van der Waals surface area contributed by atoms with Gasteiger partial charge in [-0.1, -0.05) is 173 Å². The quantitative estimate of drug-likeness (QED) is 0.222. The lowest BCUT2D eigenvalue weighted by Gasteiger charge is -2.61. The topological polar surface area (TPSA) is 3.24 Å². The molecule has 0 bridgehead atoms. The van der Waals surface area contributed by atoms with Crippen LogP contribution in [0.25, 0.3) is 0 Å². The van der Waals surface area contributed by atoms with Gasteiger partial charge in [-0.05, 0) is 296 Å². The summed E-state index contributed by atoms with van der Waals surface area (Å²) in [4.78, 5) is 3.55. The Morgan fingerprint density at radius 2 is 0.266 bits per heavy atom. The van der Waals surface area contributed by atoms with Crippen LogP contribution in [0, 0.1) is 142 Å². The molecule has 0 N–H and O–H groups in total. The van der Waals surface area contributed by atoms with Gasteiger partial charge < -0.3 is 0 Å². The second-order valence-electron chi connectivity index (χ2n) is 34.5. The van der Waals surface area contributed by atoms with Crippen LogP contribution in [0.4, 0.5) is 0 Å². The highest BCUT2D eigenvalue weighted by Crippen LogP contribution is 2.66. The predicted molar refractivity (Wildman–Crippen MR) is 332 cm³/mol. The van der Waals surface area contributed by atoms with Gasteiger partial charge in [0.2, 0.25) is 0 Å². The molecule has 446 valence electrons. The third-order valence-corrected chi connectivity index (χ3v) is 31.9. The first-order chi connectivity index (χ1) is 39.2. The lowest BCUT2D eigenvalue weighted by atomic mass is 9.45. The minimum absolute atomic E-state index is 0.912. The lowest BCUT2D eigenvalue weighted by Crippen LogP contribution is -2.57. The van der Waals surface area contributed by atoms with Crippen LogP contribution in [-0.4, -0.2) is 23.0 Å². The van der Waals surface area contributed by atoms with Crippen LogP contribution < -0.4 is 0 Å². The fourth-order valence-electron chi connectivity index (χ4n) is 29.8. The van der Waals surface area contributed by atoms with Crippen LogP contribution in [0.3, 0.4) is 0 Å². The van der Waals surface area contributed by atoms with Crippen LogP contribution in [0.15, 0.2) is 0 Å². The summed E-state index contributed by atoms with van der Waals surface area (Å²) < 4.78 is 0. The average molecular weight is 1080 g/mol. The van der Waals surface area contributed by atoms with Crippen LogP contribution >= 0.6 is 0 Å². The van der Waals surface area contributed by atoms with Crippen molar-refractivity contribution >= 4 is 0 Å². The van der Waals surface area contributed by atoms with E-state index in [2.05, 4.69) is 4.90 Å². The average Bonchev–Trinajstić information content (AvgIpc) is 3.71. The maximum absolute atomic E-state index is 3.55. The van der Waals surface area contributed by atoms with Crippen molar-refractivity contribution in [1.82, 2.24) is 4.90 Å². The summed E-state index contributed by atoms with van der Waals surface area (Å²) >= 11 is 0. The molecule has 15 aliphatic carbocycles. The van der Waals surface area contributed by atoms with E-state index >= 15 is 0 Å². The Kier molecular flexibility index (Phi) is 17.8. The second-order valence-corrected chi connectivity index (χ2v) is 34.5. The molecule has 0 aromatic rings. The monoisotopic (exact) mass is 1080 g/mol. The predicted octanol–water partition coefficient (Wildman–Crippen LogP) is 22.3. The van der Waals surface area contributed by atoms with Crippen molar-refractivity contribution in [2.24, 2.45) is 142 Å². The molecule has 15 fully saturated rings. The lowest BCUT2D eigenvalue weighted by molar-refractivity contribution is -0.122. The van der Waals surface area contributed by atoms with Gasteiger partial charge in [-0.2, -0.15) is 0 Å². The summed E-state index contributed by atoms with van der Waals surface area (Å²) in [5, 5.41) is 0. The van der Waals surface area contributed by atoms with Crippen LogP contribution in [0.1, 0.15) is 327 Å². The Morgan fingerprint density at radius 1 is 0.127 bits per heavy atom. The van der Waals surface area contributed by atoms with Crippen molar-refractivity contribution in [3.63, 3.8) is 0 Å². The highest BCUT2D eigenvalue weighted by atomic mass is 15.2. The molecule has 0 aliphatic heterocycles. The molecular formula is C78H129N. The fourth-order valence-corrected chi connectivity index (χ4v) is 29.8. The fraction of sp³-hybridized carbons (Fsp3) is 1.00. The summed E-state index contributed by atoms with van der Waals surface area (Å²) in [6, 6.07) is 2.74. The largest absolute Gasteiger partial charge is 0.294 e. The van der Waals surface area contributed by atoms with E-state index in [1.54, 1.807) is 327 Å². The van der Waals surface area contributed by atoms with Gasteiger partial charge in [0, 0.05) is 18.1 Å². The number of fused-ring (bicyclic) bond motifs is 6. The Morgan fingerprint density at radius 3 is 0.430 bits per heavy atom. The first kappa shape index (κ1) is 55.5. The van der Waals surface area contributed by atoms with Crippen LogP contribution in [-0.2, 0) is 0 Å². The highest BCUT2D eigenvalue weighted by molar-refractivity contribution is 5.09. The molecular weight excluding hydrogens is 951 g/mol. The van der Waals surface area contributed by atoms with E-state index in [0.29, 0.717) is 0 Å². The van der Waals surface area contributed by atoms with Gasteiger partial charge in [-0.3, -0.25) is 4.90 Å². The van der Waals surface area contributed by atoms with E-state index in [9.17, 15) is 0 Å². The van der Waals surface area contributed by atoms with Crippen LogP contribution in [0.5, 0.6) is 0 Å². The zero-order chi connectivity index (χ0) is 52.2. The maximum Gasteiger partial charge on any atom is 0.0101 e. The molecule has 0 radical (unpaired) electrons. The Labute approximate surface area is 490 Å². The van der Waals surface area contributed by atoms with E-state index in [1.807, 2.05) is 0 Å². The van der Waals surface area contributed by atoms with Gasteiger partial charge in [0.15, 0.2) is 0 Å². The molecule has 1 nitrogen and oxygen atoms in total. The van der Waals surface area contributed by atoms with Gasteiger partial charge in [-0.15, -0.1) is 0 Å². The van der Waals surface area contributed by atoms with Gasteiger partial charge >= 0.3 is 0 Å².